The monoisotopic (exact) mass is 280 g/mol. The van der Waals surface area contributed by atoms with Crippen LogP contribution >= 0.6 is 11.6 Å². The molecule has 0 N–H and O–H groups in total. The van der Waals surface area contributed by atoms with Gasteiger partial charge in [0.25, 0.3) is 0 Å². The van der Waals surface area contributed by atoms with Gasteiger partial charge in [-0.2, -0.15) is 0 Å². The van der Waals surface area contributed by atoms with Crippen molar-refractivity contribution in [2.45, 2.75) is 18.8 Å². The van der Waals surface area contributed by atoms with Crippen LogP contribution in [0.1, 0.15) is 24.5 Å². The van der Waals surface area contributed by atoms with Gasteiger partial charge in [0.05, 0.1) is 0 Å². The maximum Gasteiger partial charge on any atom is 0.161 e. The average Bonchev–Trinajstić information content (AvgIpc) is 3.31. The van der Waals surface area contributed by atoms with Gasteiger partial charge in [0.2, 0.25) is 0 Å². The summed E-state index contributed by atoms with van der Waals surface area (Å²) in [5.74, 6) is 1.31. The quantitative estimate of drug-likeness (QED) is 0.629. The Balaban J connectivity index is 1.85. The fraction of sp³-hybridized carbons (Fsp3) is 0.176. The molecule has 2 aromatic carbocycles. The van der Waals surface area contributed by atoms with E-state index in [1.54, 1.807) is 0 Å². The van der Waals surface area contributed by atoms with E-state index in [0.29, 0.717) is 11.1 Å². The standard InChI is InChI=1S/C17H13ClN2/c18-16-10-15(12-6-7-12)19-17(20-16)14-8-5-11-3-1-2-4-13(11)9-14/h1-5,8-10,12H,6-7H2. The third kappa shape index (κ3) is 2.16. The molecule has 0 unspecified atom stereocenters. The van der Waals surface area contributed by atoms with E-state index < -0.39 is 0 Å². The third-order valence-corrected chi connectivity index (χ3v) is 3.91. The van der Waals surface area contributed by atoms with E-state index in [1.165, 1.54) is 23.6 Å². The summed E-state index contributed by atoms with van der Waals surface area (Å²) in [6.45, 7) is 0. The van der Waals surface area contributed by atoms with Crippen molar-refractivity contribution in [3.63, 3.8) is 0 Å². The molecule has 3 aromatic rings. The first-order chi connectivity index (χ1) is 9.79. The van der Waals surface area contributed by atoms with Crippen LogP contribution in [-0.2, 0) is 0 Å². The highest BCUT2D eigenvalue weighted by molar-refractivity contribution is 6.29. The molecule has 20 heavy (non-hydrogen) atoms. The van der Waals surface area contributed by atoms with E-state index in [9.17, 15) is 0 Å². The molecule has 0 radical (unpaired) electrons. The summed E-state index contributed by atoms with van der Waals surface area (Å²) in [5, 5.41) is 2.95. The van der Waals surface area contributed by atoms with E-state index in [1.807, 2.05) is 18.2 Å². The van der Waals surface area contributed by atoms with Gasteiger partial charge in [-0.05, 0) is 35.7 Å². The first-order valence-electron chi connectivity index (χ1n) is 6.83. The summed E-state index contributed by atoms with van der Waals surface area (Å²) < 4.78 is 0. The SMILES string of the molecule is Clc1cc(C2CC2)nc(-c2ccc3ccccc3c2)n1. The van der Waals surface area contributed by atoms with Crippen molar-refractivity contribution in [1.82, 2.24) is 9.97 Å². The first-order valence-corrected chi connectivity index (χ1v) is 7.21. The largest absolute Gasteiger partial charge is 0.233 e. The van der Waals surface area contributed by atoms with Gasteiger partial charge < -0.3 is 0 Å². The lowest BCUT2D eigenvalue weighted by atomic mass is 10.1. The van der Waals surface area contributed by atoms with E-state index in [-0.39, 0.29) is 0 Å². The molecular formula is C17H13ClN2. The van der Waals surface area contributed by atoms with Gasteiger partial charge in [-0.15, -0.1) is 0 Å². The van der Waals surface area contributed by atoms with Gasteiger partial charge >= 0.3 is 0 Å². The highest BCUT2D eigenvalue weighted by Gasteiger charge is 2.26. The van der Waals surface area contributed by atoms with Crippen molar-refractivity contribution in [3.8, 4) is 11.4 Å². The molecule has 0 aliphatic heterocycles. The van der Waals surface area contributed by atoms with Crippen LogP contribution in [0, 0.1) is 0 Å². The number of halogens is 1. The van der Waals surface area contributed by atoms with Crippen molar-refractivity contribution < 1.29 is 0 Å². The summed E-state index contributed by atoms with van der Waals surface area (Å²) in [5.41, 5.74) is 2.10. The minimum atomic E-state index is 0.532. The summed E-state index contributed by atoms with van der Waals surface area (Å²) in [6, 6.07) is 16.5. The predicted molar refractivity (Wildman–Crippen MR) is 82.0 cm³/mol. The lowest BCUT2D eigenvalue weighted by molar-refractivity contribution is 0.994. The zero-order valence-electron chi connectivity index (χ0n) is 10.9. The Kier molecular flexibility index (Phi) is 2.71. The molecule has 1 aliphatic rings. The lowest BCUT2D eigenvalue weighted by Gasteiger charge is -2.06. The maximum atomic E-state index is 6.14. The van der Waals surface area contributed by atoms with Crippen LogP contribution in [0.3, 0.4) is 0 Å². The second-order valence-corrected chi connectivity index (χ2v) is 5.66. The topological polar surface area (TPSA) is 25.8 Å². The molecule has 2 nitrogen and oxygen atoms in total. The van der Waals surface area contributed by atoms with Crippen LogP contribution in [0.5, 0.6) is 0 Å². The lowest BCUT2D eigenvalue weighted by Crippen LogP contribution is -1.95. The van der Waals surface area contributed by atoms with Gasteiger partial charge in [-0.1, -0.05) is 48.0 Å². The van der Waals surface area contributed by atoms with Gasteiger partial charge in [-0.25, -0.2) is 9.97 Å². The Morgan fingerprint density at radius 1 is 0.900 bits per heavy atom. The fourth-order valence-corrected chi connectivity index (χ4v) is 2.67. The minimum absolute atomic E-state index is 0.532. The van der Waals surface area contributed by atoms with Crippen molar-refractivity contribution in [2.75, 3.05) is 0 Å². The van der Waals surface area contributed by atoms with E-state index in [0.717, 1.165) is 17.1 Å². The second-order valence-electron chi connectivity index (χ2n) is 5.28. The minimum Gasteiger partial charge on any atom is -0.233 e. The van der Waals surface area contributed by atoms with Gasteiger partial charge in [0.15, 0.2) is 5.82 Å². The van der Waals surface area contributed by atoms with Crippen LogP contribution in [0.2, 0.25) is 5.15 Å². The zero-order valence-corrected chi connectivity index (χ0v) is 11.6. The first kappa shape index (κ1) is 11.9. The molecule has 1 aliphatic carbocycles. The molecule has 1 fully saturated rings. The van der Waals surface area contributed by atoms with Crippen LogP contribution < -0.4 is 0 Å². The van der Waals surface area contributed by atoms with E-state index in [4.69, 9.17) is 11.6 Å². The van der Waals surface area contributed by atoms with Crippen molar-refractivity contribution in [2.24, 2.45) is 0 Å². The van der Waals surface area contributed by atoms with E-state index >= 15 is 0 Å². The highest BCUT2D eigenvalue weighted by atomic mass is 35.5. The Morgan fingerprint density at radius 3 is 2.50 bits per heavy atom. The molecule has 0 atom stereocenters. The molecule has 1 heterocycles. The molecule has 1 saturated carbocycles. The highest BCUT2D eigenvalue weighted by Crippen LogP contribution is 2.40. The maximum absolute atomic E-state index is 6.14. The Labute approximate surface area is 122 Å². The summed E-state index contributed by atoms with van der Waals surface area (Å²) in [4.78, 5) is 9.05. The van der Waals surface area contributed by atoms with Crippen molar-refractivity contribution in [3.05, 3.63) is 59.4 Å². The zero-order chi connectivity index (χ0) is 13.5. The number of aromatic nitrogens is 2. The Hall–Kier alpha value is -1.93. The van der Waals surface area contributed by atoms with Gasteiger partial charge in [-0.3, -0.25) is 0 Å². The summed E-state index contributed by atoms with van der Waals surface area (Å²) in [7, 11) is 0. The number of nitrogens with zero attached hydrogens (tertiary/aromatic N) is 2. The number of benzene rings is 2. The normalized spacial score (nSPS) is 14.7. The third-order valence-electron chi connectivity index (χ3n) is 3.72. The number of rotatable bonds is 2. The van der Waals surface area contributed by atoms with Crippen molar-refractivity contribution >= 4 is 22.4 Å². The Morgan fingerprint density at radius 2 is 1.70 bits per heavy atom. The molecular weight excluding hydrogens is 268 g/mol. The predicted octanol–water partition coefficient (Wildman–Crippen LogP) is 4.83. The molecule has 98 valence electrons. The Bertz CT molecular complexity index is 794. The van der Waals surface area contributed by atoms with Crippen LogP contribution in [-0.4, -0.2) is 9.97 Å². The average molecular weight is 281 g/mol. The molecule has 4 rings (SSSR count). The van der Waals surface area contributed by atoms with Crippen LogP contribution in [0.25, 0.3) is 22.2 Å². The second kappa shape index (κ2) is 4.57. The molecule has 0 bridgehead atoms. The molecule has 1 aromatic heterocycles. The molecule has 3 heteroatoms. The van der Waals surface area contributed by atoms with Crippen LogP contribution in [0.4, 0.5) is 0 Å². The van der Waals surface area contributed by atoms with Gasteiger partial charge in [0, 0.05) is 17.2 Å². The number of hydrogen-bond acceptors (Lipinski definition) is 2. The van der Waals surface area contributed by atoms with E-state index in [2.05, 4.69) is 40.3 Å². The van der Waals surface area contributed by atoms with Crippen molar-refractivity contribution in [1.29, 1.82) is 0 Å². The van der Waals surface area contributed by atoms with Gasteiger partial charge in [0.1, 0.15) is 5.15 Å². The van der Waals surface area contributed by atoms with Crippen LogP contribution in [0.15, 0.2) is 48.5 Å². The number of hydrogen-bond donors (Lipinski definition) is 0. The fourth-order valence-electron chi connectivity index (χ4n) is 2.48. The summed E-state index contributed by atoms with van der Waals surface area (Å²) in [6.07, 6.45) is 2.43. The summed E-state index contributed by atoms with van der Waals surface area (Å²) >= 11 is 6.14. The molecule has 0 amide bonds. The number of fused-ring (bicyclic) bond motifs is 1. The molecule has 0 spiro atoms. The smallest absolute Gasteiger partial charge is 0.161 e. The molecule has 0 saturated heterocycles.